The van der Waals surface area contributed by atoms with Gasteiger partial charge in [-0.15, -0.1) is 0 Å². The first-order valence-electron chi connectivity index (χ1n) is 6.47. The van der Waals surface area contributed by atoms with Crippen LogP contribution in [-0.4, -0.2) is 20.6 Å². The maximum atomic E-state index is 11.5. The van der Waals surface area contributed by atoms with Crippen molar-refractivity contribution in [1.29, 1.82) is 0 Å². The molecule has 0 bridgehead atoms. The molecule has 21 heavy (non-hydrogen) atoms. The van der Waals surface area contributed by atoms with Crippen LogP contribution in [0.4, 0.5) is 0 Å². The zero-order chi connectivity index (χ0) is 15.3. The predicted octanol–water partition coefficient (Wildman–Crippen LogP) is 0.970. The largest absolute Gasteiger partial charge is 0.447 e. The Morgan fingerprint density at radius 1 is 1.05 bits per heavy atom. The van der Waals surface area contributed by atoms with Crippen LogP contribution < -0.4 is 10.0 Å². The lowest BCUT2D eigenvalue weighted by Gasteiger charge is -2.04. The second-order valence-electron chi connectivity index (χ2n) is 4.51. The normalized spacial score (nSPS) is 11.7. The molecule has 1 aromatic carbocycles. The average molecular weight is 310 g/mol. The molecule has 0 atom stereocenters. The maximum Gasteiger partial charge on any atom is 0.273 e. The fourth-order valence-electron chi connectivity index (χ4n) is 1.79. The van der Waals surface area contributed by atoms with Gasteiger partial charge in [-0.2, -0.15) is 0 Å². The summed E-state index contributed by atoms with van der Waals surface area (Å²) in [6.07, 6.45) is 0. The van der Waals surface area contributed by atoms with Gasteiger partial charge in [0.15, 0.2) is 0 Å². The third kappa shape index (κ3) is 4.15. The molecule has 0 radical (unpaired) electrons. The van der Waals surface area contributed by atoms with Crippen molar-refractivity contribution in [3.63, 3.8) is 0 Å². The summed E-state index contributed by atoms with van der Waals surface area (Å²) < 4.78 is 30.5. The second kappa shape index (κ2) is 6.86. The summed E-state index contributed by atoms with van der Waals surface area (Å²) in [5, 5.41) is 12.0. The molecule has 0 spiro atoms. The molecule has 7 heteroatoms. The minimum atomic E-state index is -3.53. The SMILES string of the molecule is CNS(=O)(=O)c1ccc(CNCc2ccc(CO)cc2)o1. The molecule has 2 rings (SSSR count). The molecule has 1 heterocycles. The number of hydrogen-bond donors (Lipinski definition) is 3. The van der Waals surface area contributed by atoms with Crippen molar-refractivity contribution < 1.29 is 17.9 Å². The van der Waals surface area contributed by atoms with Gasteiger partial charge < -0.3 is 14.8 Å². The van der Waals surface area contributed by atoms with Gasteiger partial charge >= 0.3 is 0 Å². The summed E-state index contributed by atoms with van der Waals surface area (Å²) in [5.41, 5.74) is 1.94. The molecule has 0 aliphatic carbocycles. The Kier molecular flexibility index (Phi) is 5.13. The molecule has 1 aromatic heterocycles. The smallest absolute Gasteiger partial charge is 0.273 e. The van der Waals surface area contributed by atoms with Gasteiger partial charge in [0.05, 0.1) is 13.2 Å². The maximum absolute atomic E-state index is 11.5. The zero-order valence-corrected chi connectivity index (χ0v) is 12.5. The first-order valence-corrected chi connectivity index (χ1v) is 7.95. The van der Waals surface area contributed by atoms with Gasteiger partial charge in [-0.3, -0.25) is 0 Å². The predicted molar refractivity (Wildman–Crippen MR) is 77.9 cm³/mol. The molecule has 0 unspecified atom stereocenters. The molecule has 0 saturated carbocycles. The van der Waals surface area contributed by atoms with Gasteiger partial charge in [0.2, 0.25) is 5.09 Å². The van der Waals surface area contributed by atoms with E-state index >= 15 is 0 Å². The van der Waals surface area contributed by atoms with Crippen LogP contribution >= 0.6 is 0 Å². The van der Waals surface area contributed by atoms with E-state index in [0.29, 0.717) is 18.8 Å². The van der Waals surface area contributed by atoms with Gasteiger partial charge in [0.25, 0.3) is 10.0 Å². The number of rotatable bonds is 7. The molecular formula is C14H18N2O4S. The topological polar surface area (TPSA) is 91.6 Å². The second-order valence-corrected chi connectivity index (χ2v) is 6.32. The summed E-state index contributed by atoms with van der Waals surface area (Å²) in [4.78, 5) is 0. The number of nitrogens with one attached hydrogen (secondary N) is 2. The third-order valence-corrected chi connectivity index (χ3v) is 4.29. The summed E-state index contributed by atoms with van der Waals surface area (Å²) in [6, 6.07) is 10.6. The molecular weight excluding hydrogens is 292 g/mol. The quantitative estimate of drug-likeness (QED) is 0.709. The first-order chi connectivity index (χ1) is 10.0. The van der Waals surface area contributed by atoms with E-state index in [4.69, 9.17) is 9.52 Å². The summed E-state index contributed by atoms with van der Waals surface area (Å²) >= 11 is 0. The standard InChI is InChI=1S/C14H18N2O4S/c1-15-21(18,19)14-7-6-13(20-14)9-16-8-11-2-4-12(10-17)5-3-11/h2-7,15-17H,8-10H2,1H3. The number of aliphatic hydroxyl groups excluding tert-OH is 1. The van der Waals surface area contributed by atoms with E-state index in [-0.39, 0.29) is 11.7 Å². The Morgan fingerprint density at radius 3 is 2.33 bits per heavy atom. The Morgan fingerprint density at radius 2 is 1.71 bits per heavy atom. The minimum absolute atomic E-state index is 0.0306. The highest BCUT2D eigenvalue weighted by Crippen LogP contribution is 2.13. The molecule has 0 amide bonds. The van der Waals surface area contributed by atoms with E-state index in [1.54, 1.807) is 6.07 Å². The Hall–Kier alpha value is -1.67. The van der Waals surface area contributed by atoms with Gasteiger partial charge in [-0.1, -0.05) is 24.3 Å². The zero-order valence-electron chi connectivity index (χ0n) is 11.7. The fourth-order valence-corrected chi connectivity index (χ4v) is 2.46. The highest BCUT2D eigenvalue weighted by Gasteiger charge is 2.15. The summed E-state index contributed by atoms with van der Waals surface area (Å²) in [7, 11) is -2.19. The molecule has 0 fully saturated rings. The minimum Gasteiger partial charge on any atom is -0.447 e. The van der Waals surface area contributed by atoms with E-state index < -0.39 is 10.0 Å². The molecule has 0 aliphatic rings. The van der Waals surface area contributed by atoms with Crippen LogP contribution in [0.3, 0.4) is 0 Å². The van der Waals surface area contributed by atoms with E-state index in [1.807, 2.05) is 24.3 Å². The van der Waals surface area contributed by atoms with Crippen LogP contribution in [0.15, 0.2) is 45.9 Å². The van der Waals surface area contributed by atoms with E-state index in [9.17, 15) is 8.42 Å². The lowest BCUT2D eigenvalue weighted by Crippen LogP contribution is -2.17. The molecule has 0 saturated heterocycles. The monoisotopic (exact) mass is 310 g/mol. The first kappa shape index (κ1) is 15.7. The molecule has 6 nitrogen and oxygen atoms in total. The third-order valence-electron chi connectivity index (χ3n) is 3.00. The van der Waals surface area contributed by atoms with Crippen molar-refractivity contribution in [3.8, 4) is 0 Å². The van der Waals surface area contributed by atoms with Crippen LogP contribution in [0.1, 0.15) is 16.9 Å². The van der Waals surface area contributed by atoms with E-state index in [1.165, 1.54) is 13.1 Å². The highest BCUT2D eigenvalue weighted by atomic mass is 32.2. The van der Waals surface area contributed by atoms with Gasteiger partial charge in [0, 0.05) is 6.54 Å². The number of sulfonamides is 1. The van der Waals surface area contributed by atoms with Crippen LogP contribution in [0.25, 0.3) is 0 Å². The lowest BCUT2D eigenvalue weighted by atomic mass is 10.1. The van der Waals surface area contributed by atoms with Crippen molar-refractivity contribution in [2.24, 2.45) is 0 Å². The Bertz CT molecular complexity index is 677. The number of aliphatic hydroxyl groups is 1. The van der Waals surface area contributed by atoms with Crippen LogP contribution in [0, 0.1) is 0 Å². The van der Waals surface area contributed by atoms with Crippen molar-refractivity contribution in [3.05, 3.63) is 53.3 Å². The van der Waals surface area contributed by atoms with Gasteiger partial charge in [-0.25, -0.2) is 13.1 Å². The summed E-state index contributed by atoms with van der Waals surface area (Å²) in [6.45, 7) is 1.09. The molecule has 0 aliphatic heterocycles. The Labute approximate surface area is 123 Å². The lowest BCUT2D eigenvalue weighted by molar-refractivity contribution is 0.282. The van der Waals surface area contributed by atoms with E-state index in [0.717, 1.165) is 11.1 Å². The number of benzene rings is 1. The van der Waals surface area contributed by atoms with Gasteiger partial charge in [-0.05, 0) is 30.3 Å². The van der Waals surface area contributed by atoms with Crippen LogP contribution in [-0.2, 0) is 29.7 Å². The molecule has 3 N–H and O–H groups in total. The van der Waals surface area contributed by atoms with Crippen LogP contribution in [0.2, 0.25) is 0 Å². The molecule has 2 aromatic rings. The van der Waals surface area contributed by atoms with Crippen molar-refractivity contribution in [2.75, 3.05) is 7.05 Å². The summed E-state index contributed by atoms with van der Waals surface area (Å²) in [5.74, 6) is 0.552. The Balaban J connectivity index is 1.89. The average Bonchev–Trinajstić information content (AvgIpc) is 2.98. The highest BCUT2D eigenvalue weighted by molar-refractivity contribution is 7.89. The fraction of sp³-hybridized carbons (Fsp3) is 0.286. The van der Waals surface area contributed by atoms with Crippen molar-refractivity contribution in [2.45, 2.75) is 24.8 Å². The molecule has 114 valence electrons. The van der Waals surface area contributed by atoms with Crippen molar-refractivity contribution in [1.82, 2.24) is 10.0 Å². The number of hydrogen-bond acceptors (Lipinski definition) is 5. The van der Waals surface area contributed by atoms with Crippen LogP contribution in [0.5, 0.6) is 0 Å². The number of furan rings is 1. The van der Waals surface area contributed by atoms with E-state index in [2.05, 4.69) is 10.0 Å². The van der Waals surface area contributed by atoms with Crippen molar-refractivity contribution >= 4 is 10.0 Å². The van der Waals surface area contributed by atoms with Gasteiger partial charge in [0.1, 0.15) is 5.76 Å².